The first-order valence-corrected chi connectivity index (χ1v) is 41.4. The van der Waals surface area contributed by atoms with Crippen molar-refractivity contribution in [2.24, 2.45) is 5.73 Å². The van der Waals surface area contributed by atoms with Gasteiger partial charge in [-0.1, -0.05) is 0 Å². The Hall–Kier alpha value is 1.68. The largest absolute Gasteiger partial charge is 1.00 e. The number of rotatable bonds is 36. The molecule has 0 spiro atoms. The van der Waals surface area contributed by atoms with E-state index in [1.54, 1.807) is 0 Å². The molecule has 0 aromatic carbocycles. The van der Waals surface area contributed by atoms with E-state index in [1.807, 2.05) is 0 Å². The molecule has 0 aromatic rings. The fourth-order valence-corrected chi connectivity index (χ4v) is 13.9. The Bertz CT molecular complexity index is 4050. The van der Waals surface area contributed by atoms with E-state index in [2.05, 4.69) is 38.0 Å². The maximum Gasteiger partial charge on any atom is 1.00 e. The van der Waals surface area contributed by atoms with Crippen molar-refractivity contribution in [2.45, 2.75) is 268 Å². The molecular weight excluding hydrogens is 2030 g/mol. The summed E-state index contributed by atoms with van der Waals surface area (Å²) in [5, 5.41) is 157. The molecule has 8 rings (SSSR count). The number of nitrogens with two attached hydrogens (primary N) is 1. The van der Waals surface area contributed by atoms with Crippen LogP contribution < -0.4 is 263 Å². The summed E-state index contributed by atoms with van der Waals surface area (Å²) in [7, 11) is -22.5. The van der Waals surface area contributed by atoms with Crippen LogP contribution >= 0.6 is 0 Å². The Balaban J connectivity index is -0.00000267. The Morgan fingerprint density at radius 1 is 0.311 bits per heavy atom. The van der Waals surface area contributed by atoms with Crippen LogP contribution in [0.1, 0.15) is 47.0 Å². The van der Waals surface area contributed by atoms with E-state index in [0.717, 1.165) is 34.3 Å². The number of hydrogen-bond acceptors (Lipinski definition) is 58. The van der Waals surface area contributed by atoms with Crippen molar-refractivity contribution in [3.63, 3.8) is 0 Å². The quantitative estimate of drug-likeness (QED) is 0.00910. The standard InChI is InChI=1S/C57H93N5O49S4.4CO2.8Na/c1-18(63)59-30-39(72)34(67)26(14-97-112(80,81)82)105-50(30)101-23-11-94-55(44(77)36(23)69)109-48-28(16-99-114(86,87)88)107-52(32(41(48)74)61-20(3)65)103-25-13-96-57(46(79)38(25)71)111-49-29(17-100-115(89,90)91)108-53(33(42(49)75)62-21(4)66)104-24-12-95-56(45(78)37(24)70)110-47-27(15-98-113(83,84)85)106-51(31(40(47)73)60-19(2)64)102-22-10-93-54(43(76)35(22)68)92-9-7-5-6-8-58;4*2-1-3;;;;;;;;/h10-13,22-57,67-79H,5-9,14-17,58H2,1-4H3,(H,59,63)(H,60,64)(H,61,65)(H,62,66)(H,80,81,82)(H,83,84,85)(H,86,87,88)(H,89,90,91);;;;;;;;;;;;/q-4;;;;;8*+1/p-4/t22-,23-,24-,25-,26?,27?,28?,29?,30?,31?,32?,33?,34-,35-,36-,37-,38-,39-,40-,41-,42-,43?,44?,45?,46?,47-,48-,49-,50+,51+,52+,53+,54-,55+,56+,57+;;;;;;;;;;;;/m1............/s1. The van der Waals surface area contributed by atoms with Crippen LogP contribution in [0.15, 0.2) is 0 Å². The molecule has 4 amide bonds. The van der Waals surface area contributed by atoms with E-state index in [0.29, 0.717) is 45.6 Å². The molecule has 74 heteroatoms. The fourth-order valence-electron chi connectivity index (χ4n) is 12.7. The molecule has 8 heterocycles. The summed E-state index contributed by atoms with van der Waals surface area (Å²) < 4.78 is 248. The summed E-state index contributed by atoms with van der Waals surface area (Å²) in [5.74, 6) is -3.81. The number of carbonyl (C=O) groups is 4. The molecule has 36 atom stereocenters. The molecule has 0 aliphatic carbocycles. The van der Waals surface area contributed by atoms with Crippen LogP contribution in [0.2, 0.25) is 0 Å². The maximum absolute atomic E-state index is 12.8. The summed E-state index contributed by atoms with van der Waals surface area (Å²) in [6, 6.07) is -7.60. The predicted molar refractivity (Wildman–Crippen MR) is 365 cm³/mol. The number of hydrogen-bond donors (Lipinski definition) is 18. The van der Waals surface area contributed by atoms with Gasteiger partial charge in [0, 0.05) is 34.3 Å². The second kappa shape index (κ2) is 70.6. The normalized spacial score (nSPS) is 35.9. The first-order chi connectivity index (χ1) is 59.3. The minimum atomic E-state index is -5.74. The molecule has 0 saturated carbocycles. The summed E-state index contributed by atoms with van der Waals surface area (Å²) in [4.78, 5) is 115. The third-order valence-electron chi connectivity index (χ3n) is 18.1. The Labute approximate surface area is 943 Å². The summed E-state index contributed by atoms with van der Waals surface area (Å²) in [5.41, 5.74) is 5.51. The van der Waals surface area contributed by atoms with Gasteiger partial charge in [-0.05, 0) is 50.2 Å². The molecule has 12 unspecified atom stereocenters. The summed E-state index contributed by atoms with van der Waals surface area (Å²) in [6.07, 6.45) is -65.2. The SMILES string of the molecule is CC(=O)NC1[C@@H](O[C@@H]2[CH-]O[C@@H](O[C@@H]3C(COS(=O)(=O)[O-])O[C@H](O[C@@H]4[CH-]O[C@@H](O[C@@H]5C(COS(=O)(=O)[O-])O[C@H](O[C@@H]6[CH-]O[C@@H](O[C@@H]7C(COS(=O)(=O)[O-])O[C@H](O[C@@H]8[CH-]O[C@@H](OCCCCCN)C(O)[C@@H]8O)C(NC(C)=O)[C@H]7O)C(O)[C@@H]6O)C(NC(C)=O)[C@H]5O)C(O)[C@@H]4O)C(NC(C)=O)[C@H]3O)C(O)[C@@H]2O)OC(COS(=O)(=O)[O-])[C@@H](O)[C@@H]1O.O=C=O.O=C=O.O=C=O.O=C=O.[Na+].[Na+].[Na+].[Na+].[Na+].[Na+].[Na+].[Na+]. The van der Waals surface area contributed by atoms with Gasteiger partial charge in [0.15, 0.2) is 50.3 Å². The Morgan fingerprint density at radius 3 is 0.756 bits per heavy atom. The second-order valence-corrected chi connectivity index (χ2v) is 31.3. The molecule has 8 aliphatic heterocycles. The van der Waals surface area contributed by atoms with Crippen molar-refractivity contribution in [1.29, 1.82) is 0 Å². The third kappa shape index (κ3) is 48.0. The van der Waals surface area contributed by atoms with Crippen molar-refractivity contribution >= 4 is 89.8 Å². The van der Waals surface area contributed by atoms with Gasteiger partial charge in [0.25, 0.3) is 0 Å². The molecule has 0 aromatic heterocycles. The van der Waals surface area contributed by atoms with Gasteiger partial charge in [0.2, 0.25) is 65.2 Å². The minimum absolute atomic E-state index is 0. The van der Waals surface area contributed by atoms with Gasteiger partial charge < -0.3 is 187 Å². The summed E-state index contributed by atoms with van der Waals surface area (Å²) >= 11 is 0. The number of unbranched alkanes of at least 4 members (excludes halogenated alkanes) is 2. The molecular formula is C61H89N5Na8O57S4. The monoisotopic (exact) mass is 2120 g/mol. The number of aliphatic hydroxyl groups excluding tert-OH is 13. The van der Waals surface area contributed by atoms with Crippen LogP contribution in [0.5, 0.6) is 0 Å². The van der Waals surface area contributed by atoms with E-state index in [9.17, 15) is 137 Å². The molecule has 62 nitrogen and oxygen atoms in total. The van der Waals surface area contributed by atoms with E-state index >= 15 is 0 Å². The van der Waals surface area contributed by atoms with Gasteiger partial charge in [0.1, 0.15) is 122 Å². The number of amides is 4. The molecule has 8 fully saturated rings. The van der Waals surface area contributed by atoms with Gasteiger partial charge in [-0.2, -0.15) is 64.8 Å². The van der Waals surface area contributed by atoms with Crippen LogP contribution in [-0.4, -0.2) is 427 Å². The van der Waals surface area contributed by atoms with Crippen LogP contribution in [0.3, 0.4) is 0 Å². The number of nitrogens with one attached hydrogen (secondary N) is 4. The molecule has 135 heavy (non-hydrogen) atoms. The molecule has 0 radical (unpaired) electrons. The Morgan fingerprint density at radius 2 is 0.526 bits per heavy atom. The van der Waals surface area contributed by atoms with Gasteiger partial charge in [-0.25, -0.2) is 33.7 Å². The average Bonchev–Trinajstić information content (AvgIpc) is 0.790. The van der Waals surface area contributed by atoms with Crippen LogP contribution in [-0.2, 0) is 192 Å². The first kappa shape index (κ1) is 145. The zero-order valence-electron chi connectivity index (χ0n) is 73.4. The van der Waals surface area contributed by atoms with Gasteiger partial charge in [-0.3, -0.25) is 35.9 Å². The van der Waals surface area contributed by atoms with Crippen molar-refractivity contribution in [1.82, 2.24) is 21.3 Å². The summed E-state index contributed by atoms with van der Waals surface area (Å²) in [6.45, 7) is 1.21. The zero-order valence-corrected chi connectivity index (χ0v) is 92.7. The van der Waals surface area contributed by atoms with Crippen molar-refractivity contribution in [3.05, 3.63) is 26.4 Å². The first-order valence-electron chi connectivity index (χ1n) is 36.1. The molecule has 8 aliphatic rings. The van der Waals surface area contributed by atoms with E-state index in [-0.39, 0.29) is 268 Å². The van der Waals surface area contributed by atoms with Crippen molar-refractivity contribution in [2.75, 3.05) is 39.6 Å². The third-order valence-corrected chi connectivity index (χ3v) is 19.8. The van der Waals surface area contributed by atoms with Gasteiger partial charge in [0.05, 0.1) is 50.8 Å². The van der Waals surface area contributed by atoms with E-state index in [4.69, 9.17) is 120 Å². The van der Waals surface area contributed by atoms with Crippen LogP contribution in [0, 0.1) is 26.4 Å². The smallest absolute Gasteiger partial charge is 0.726 e. The van der Waals surface area contributed by atoms with Crippen LogP contribution in [0.25, 0.3) is 0 Å². The predicted octanol–water partition coefficient (Wildman–Crippen LogP) is -41.9. The molecule has 732 valence electrons. The number of ether oxygens (including phenoxy) is 16. The second-order valence-electron chi connectivity index (χ2n) is 27.0. The minimum Gasteiger partial charge on any atom is -0.726 e. The van der Waals surface area contributed by atoms with Crippen molar-refractivity contribution < 1.29 is 505 Å². The zero-order chi connectivity index (χ0) is 96.1. The van der Waals surface area contributed by atoms with Crippen molar-refractivity contribution in [3.8, 4) is 0 Å². The topological polar surface area (TPSA) is 955 Å². The fraction of sp³-hybridized carbons (Fsp3) is 0.803. The molecule has 8 saturated heterocycles. The Kier molecular flexibility index (Phi) is 75.9. The molecule has 0 bridgehead atoms. The number of carbonyl (C=O) groups excluding carboxylic acids is 12. The van der Waals surface area contributed by atoms with E-state index in [1.165, 1.54) is 0 Å². The maximum atomic E-state index is 12.8. The number of aliphatic hydroxyl groups is 13. The van der Waals surface area contributed by atoms with Crippen LogP contribution in [0.4, 0.5) is 0 Å². The average molecular weight is 2120 g/mol. The van der Waals surface area contributed by atoms with Gasteiger partial charge >= 0.3 is 261 Å². The van der Waals surface area contributed by atoms with Gasteiger partial charge in [-0.15, -0.1) is 0 Å². The van der Waals surface area contributed by atoms with E-state index < -0.39 is 313 Å². The molecule has 19 N–H and O–H groups in total.